The molecule has 0 aliphatic rings. The molecule has 0 fully saturated rings. The van der Waals surface area contributed by atoms with Gasteiger partial charge in [-0.15, -0.1) is 5.10 Å². The van der Waals surface area contributed by atoms with Crippen molar-refractivity contribution in [3.05, 3.63) is 17.1 Å². The number of aromatic nitrogens is 4. The van der Waals surface area contributed by atoms with Crippen LogP contribution in [0.3, 0.4) is 0 Å². The summed E-state index contributed by atoms with van der Waals surface area (Å²) in [5.41, 5.74) is 3.38. The summed E-state index contributed by atoms with van der Waals surface area (Å²) in [5, 5.41) is 7.86. The molecular weight excluding hydrogens is 224 g/mol. The van der Waals surface area contributed by atoms with Crippen LogP contribution in [0.4, 0.5) is 0 Å². The molecular formula is C14H24N4. The van der Waals surface area contributed by atoms with E-state index in [2.05, 4.69) is 51.7 Å². The predicted octanol–water partition coefficient (Wildman–Crippen LogP) is 3.39. The van der Waals surface area contributed by atoms with Gasteiger partial charge >= 0.3 is 0 Å². The van der Waals surface area contributed by atoms with Gasteiger partial charge < -0.3 is 0 Å². The van der Waals surface area contributed by atoms with E-state index in [1.165, 1.54) is 5.56 Å². The predicted molar refractivity (Wildman–Crippen MR) is 73.9 cm³/mol. The van der Waals surface area contributed by atoms with Crippen LogP contribution in [0.2, 0.25) is 0 Å². The molecule has 18 heavy (non-hydrogen) atoms. The van der Waals surface area contributed by atoms with E-state index in [1.807, 2.05) is 6.92 Å². The average Bonchev–Trinajstić information content (AvgIpc) is 2.81. The molecule has 2 heterocycles. The second kappa shape index (κ2) is 3.84. The summed E-state index contributed by atoms with van der Waals surface area (Å²) in [7, 11) is 0. The minimum absolute atomic E-state index is 0.0467. The first kappa shape index (κ1) is 13.1. The Hall–Kier alpha value is -1.32. The Morgan fingerprint density at radius 2 is 1.78 bits per heavy atom. The summed E-state index contributed by atoms with van der Waals surface area (Å²) in [6, 6.07) is 0. The zero-order chi connectivity index (χ0) is 13.7. The highest BCUT2D eigenvalue weighted by Gasteiger charge is 2.40. The molecule has 0 aliphatic carbocycles. The van der Waals surface area contributed by atoms with Crippen LogP contribution in [0.25, 0.3) is 5.65 Å². The number of aryl methyl sites for hydroxylation is 2. The van der Waals surface area contributed by atoms with Crippen molar-refractivity contribution in [2.24, 2.45) is 5.41 Å². The number of fused-ring (bicyclic) bond motifs is 1. The van der Waals surface area contributed by atoms with Gasteiger partial charge in [0.25, 0.3) is 0 Å². The van der Waals surface area contributed by atoms with E-state index in [1.54, 1.807) is 4.63 Å². The molecule has 0 atom stereocenters. The second-order valence-corrected chi connectivity index (χ2v) is 6.40. The summed E-state index contributed by atoms with van der Waals surface area (Å²) < 4.78 is 1.80. The summed E-state index contributed by atoms with van der Waals surface area (Å²) >= 11 is 0. The zero-order valence-corrected chi connectivity index (χ0v) is 12.5. The van der Waals surface area contributed by atoms with Crippen LogP contribution in [0.15, 0.2) is 0 Å². The maximum atomic E-state index is 4.74. The lowest BCUT2D eigenvalue weighted by atomic mass is 9.66. The van der Waals surface area contributed by atoms with Crippen molar-refractivity contribution < 1.29 is 0 Å². The maximum absolute atomic E-state index is 4.74. The van der Waals surface area contributed by atoms with Crippen molar-refractivity contribution >= 4 is 5.65 Å². The SMILES string of the molecule is CCC(C)(C)C(C)(C)c1nc2c(C)c(C)[nH]n2n1. The molecule has 0 aromatic carbocycles. The maximum Gasteiger partial charge on any atom is 0.178 e. The molecule has 4 nitrogen and oxygen atoms in total. The van der Waals surface area contributed by atoms with Gasteiger partial charge in [-0.25, -0.2) is 4.98 Å². The topological polar surface area (TPSA) is 46.0 Å². The molecule has 4 heteroatoms. The van der Waals surface area contributed by atoms with Gasteiger partial charge in [-0.3, -0.25) is 5.10 Å². The van der Waals surface area contributed by atoms with Gasteiger partial charge in [-0.1, -0.05) is 41.0 Å². The van der Waals surface area contributed by atoms with Gasteiger partial charge in [0, 0.05) is 16.7 Å². The first-order valence-corrected chi connectivity index (χ1v) is 6.63. The molecule has 0 aliphatic heterocycles. The quantitative estimate of drug-likeness (QED) is 0.905. The van der Waals surface area contributed by atoms with Gasteiger partial charge in [-0.05, 0) is 19.3 Å². The first-order chi connectivity index (χ1) is 8.20. The molecule has 0 bridgehead atoms. The summed E-state index contributed by atoms with van der Waals surface area (Å²) in [5.74, 6) is 0.920. The lowest BCUT2D eigenvalue weighted by Gasteiger charge is -2.38. The summed E-state index contributed by atoms with van der Waals surface area (Å²) in [6.45, 7) is 15.4. The summed E-state index contributed by atoms with van der Waals surface area (Å²) in [4.78, 5) is 4.74. The molecule has 0 spiro atoms. The van der Waals surface area contributed by atoms with Gasteiger partial charge in [0.05, 0.1) is 0 Å². The van der Waals surface area contributed by atoms with Crippen LogP contribution < -0.4 is 0 Å². The molecule has 0 amide bonds. The van der Waals surface area contributed by atoms with Crippen molar-refractivity contribution in [2.75, 3.05) is 0 Å². The van der Waals surface area contributed by atoms with Crippen LogP contribution in [-0.4, -0.2) is 19.8 Å². The third kappa shape index (κ3) is 1.66. The number of H-pyrrole nitrogens is 1. The molecule has 2 aromatic rings. The Kier molecular flexibility index (Phi) is 2.80. The number of nitrogens with zero attached hydrogens (tertiary/aromatic N) is 3. The van der Waals surface area contributed by atoms with Crippen LogP contribution in [0, 0.1) is 19.3 Å². The third-order valence-electron chi connectivity index (χ3n) is 4.91. The zero-order valence-electron chi connectivity index (χ0n) is 12.5. The van der Waals surface area contributed by atoms with E-state index in [0.29, 0.717) is 0 Å². The van der Waals surface area contributed by atoms with E-state index >= 15 is 0 Å². The molecule has 0 saturated carbocycles. The van der Waals surface area contributed by atoms with Gasteiger partial charge in [0.1, 0.15) is 0 Å². The highest BCUT2D eigenvalue weighted by Crippen LogP contribution is 2.42. The van der Waals surface area contributed by atoms with E-state index < -0.39 is 0 Å². The normalized spacial score (nSPS) is 13.5. The average molecular weight is 248 g/mol. The number of aromatic amines is 1. The van der Waals surface area contributed by atoms with Crippen LogP contribution in [0.5, 0.6) is 0 Å². The van der Waals surface area contributed by atoms with Crippen molar-refractivity contribution in [3.8, 4) is 0 Å². The molecule has 2 aromatic heterocycles. The van der Waals surface area contributed by atoms with Gasteiger partial charge in [-0.2, -0.15) is 4.63 Å². The fraction of sp³-hybridized carbons (Fsp3) is 0.714. The highest BCUT2D eigenvalue weighted by molar-refractivity contribution is 5.48. The number of nitrogens with one attached hydrogen (secondary N) is 1. The minimum Gasteiger partial charge on any atom is -0.280 e. The summed E-state index contributed by atoms with van der Waals surface area (Å²) in [6.07, 6.45) is 1.10. The van der Waals surface area contributed by atoms with Crippen molar-refractivity contribution in [1.29, 1.82) is 0 Å². The van der Waals surface area contributed by atoms with Crippen molar-refractivity contribution in [2.45, 2.75) is 60.3 Å². The largest absolute Gasteiger partial charge is 0.280 e. The van der Waals surface area contributed by atoms with E-state index in [-0.39, 0.29) is 10.8 Å². The highest BCUT2D eigenvalue weighted by atomic mass is 15.5. The fourth-order valence-corrected chi connectivity index (χ4v) is 2.05. The van der Waals surface area contributed by atoms with Crippen LogP contribution >= 0.6 is 0 Å². The Morgan fingerprint density at radius 3 is 2.28 bits per heavy atom. The van der Waals surface area contributed by atoms with E-state index in [4.69, 9.17) is 4.98 Å². The van der Waals surface area contributed by atoms with Crippen molar-refractivity contribution in [1.82, 2.24) is 19.8 Å². The number of rotatable bonds is 3. The fourth-order valence-electron chi connectivity index (χ4n) is 2.05. The van der Waals surface area contributed by atoms with Crippen LogP contribution in [-0.2, 0) is 5.41 Å². The van der Waals surface area contributed by atoms with Gasteiger partial charge in [0.15, 0.2) is 11.5 Å². The first-order valence-electron chi connectivity index (χ1n) is 6.63. The Balaban J connectivity index is 2.55. The number of hydrogen-bond donors (Lipinski definition) is 1. The smallest absolute Gasteiger partial charge is 0.178 e. The van der Waals surface area contributed by atoms with Crippen LogP contribution in [0.1, 0.15) is 58.1 Å². The second-order valence-electron chi connectivity index (χ2n) is 6.40. The molecule has 100 valence electrons. The lowest BCUT2D eigenvalue weighted by Crippen LogP contribution is -2.37. The monoisotopic (exact) mass is 248 g/mol. The van der Waals surface area contributed by atoms with E-state index in [9.17, 15) is 0 Å². The Bertz CT molecular complexity index is 572. The third-order valence-corrected chi connectivity index (χ3v) is 4.91. The Labute approximate surface area is 109 Å². The van der Waals surface area contributed by atoms with Gasteiger partial charge in [0.2, 0.25) is 0 Å². The lowest BCUT2D eigenvalue weighted by molar-refractivity contribution is 0.179. The standard InChI is InChI=1S/C14H24N4/c1-8-13(4,5)14(6,7)12-15-11-9(2)10(3)16-18(11)17-12/h16H,8H2,1-7H3. The minimum atomic E-state index is -0.0467. The molecule has 0 radical (unpaired) electrons. The molecule has 2 rings (SSSR count). The molecule has 0 unspecified atom stereocenters. The Morgan fingerprint density at radius 1 is 1.17 bits per heavy atom. The molecule has 0 saturated heterocycles. The number of hydrogen-bond acceptors (Lipinski definition) is 2. The van der Waals surface area contributed by atoms with E-state index in [0.717, 1.165) is 23.6 Å². The van der Waals surface area contributed by atoms with Crippen molar-refractivity contribution in [3.63, 3.8) is 0 Å². The molecule has 1 N–H and O–H groups in total.